The molecule has 1 N–H and O–H groups in total. The minimum atomic E-state index is -0.455. The molecule has 0 bridgehead atoms. The van der Waals surface area contributed by atoms with Crippen LogP contribution in [-0.2, 0) is 9.63 Å². The van der Waals surface area contributed by atoms with Crippen molar-refractivity contribution in [3.05, 3.63) is 83.1 Å². The number of carbonyl (C=O) groups excluding carboxylic acids is 1. The molecule has 6 nitrogen and oxygen atoms in total. The lowest BCUT2D eigenvalue weighted by molar-refractivity contribution is -0.114. The highest BCUT2D eigenvalue weighted by Gasteiger charge is 2.34. The predicted molar refractivity (Wildman–Crippen MR) is 107 cm³/mol. The lowest BCUT2D eigenvalue weighted by Crippen LogP contribution is -2.38. The number of benzene rings is 2. The van der Waals surface area contributed by atoms with E-state index in [-0.39, 0.29) is 17.5 Å². The summed E-state index contributed by atoms with van der Waals surface area (Å²) in [5, 5.41) is 9.50. The number of hydrogen-bond acceptors (Lipinski definition) is 4. The van der Waals surface area contributed by atoms with Gasteiger partial charge in [-0.3, -0.25) is 10.2 Å². The molecule has 0 aliphatic carbocycles. The number of rotatable bonds is 4. The number of allylic oxidation sites excluding steroid dienone is 1. The first kappa shape index (κ1) is 17.7. The Balaban J connectivity index is 1.50. The third-order valence-corrected chi connectivity index (χ3v) is 4.45. The lowest BCUT2D eigenvalue weighted by Gasteiger charge is -2.23. The Morgan fingerprint density at radius 2 is 1.86 bits per heavy atom. The Bertz CT molecular complexity index is 1020. The Labute approximate surface area is 162 Å². The molecule has 2 heterocycles. The van der Waals surface area contributed by atoms with E-state index >= 15 is 0 Å². The average molecular weight is 373 g/mol. The molecule has 2 aliphatic rings. The molecule has 4 rings (SSSR count). The number of fused-ring (bicyclic) bond motifs is 1. The van der Waals surface area contributed by atoms with Crippen molar-refractivity contribution in [1.29, 1.82) is 5.41 Å². The van der Waals surface area contributed by atoms with Crippen LogP contribution < -0.4 is 4.74 Å². The number of nitrogens with zero attached hydrogens (tertiary/aromatic N) is 2. The maximum Gasteiger partial charge on any atom is 0.282 e. The van der Waals surface area contributed by atoms with Gasteiger partial charge in [0.2, 0.25) is 0 Å². The SMILES string of the molecule is CC1=CC2=NC(=O)/C(=C/c3ccc(O[C@@H](C)c4ccccc4)cc3)C(=N)N2O1. The minimum absolute atomic E-state index is 0.0267. The Kier molecular flexibility index (Phi) is 4.53. The summed E-state index contributed by atoms with van der Waals surface area (Å²) >= 11 is 0. The van der Waals surface area contributed by atoms with Crippen LogP contribution in [0.5, 0.6) is 5.75 Å². The van der Waals surface area contributed by atoms with E-state index in [1.165, 1.54) is 5.06 Å². The molecular formula is C22H19N3O3. The van der Waals surface area contributed by atoms with E-state index in [4.69, 9.17) is 15.0 Å². The number of aliphatic imine (C=N–C) groups is 1. The molecular weight excluding hydrogens is 354 g/mol. The first-order valence-corrected chi connectivity index (χ1v) is 8.93. The molecule has 2 aliphatic heterocycles. The Hall–Kier alpha value is -3.67. The van der Waals surface area contributed by atoms with Crippen LogP contribution in [0.2, 0.25) is 0 Å². The molecule has 2 aromatic carbocycles. The quantitative estimate of drug-likeness (QED) is 0.812. The maximum absolute atomic E-state index is 12.3. The predicted octanol–water partition coefficient (Wildman–Crippen LogP) is 4.28. The van der Waals surface area contributed by atoms with Crippen LogP contribution in [0.1, 0.15) is 31.1 Å². The average Bonchev–Trinajstić information content (AvgIpc) is 3.07. The Morgan fingerprint density at radius 3 is 2.57 bits per heavy atom. The van der Waals surface area contributed by atoms with Gasteiger partial charge in [-0.15, -0.1) is 5.06 Å². The molecule has 6 heteroatoms. The van der Waals surface area contributed by atoms with Crippen molar-refractivity contribution in [3.63, 3.8) is 0 Å². The smallest absolute Gasteiger partial charge is 0.282 e. The van der Waals surface area contributed by atoms with Crippen LogP contribution in [0.3, 0.4) is 0 Å². The van der Waals surface area contributed by atoms with Crippen LogP contribution in [0.15, 0.2) is 77.0 Å². The molecule has 0 saturated heterocycles. The van der Waals surface area contributed by atoms with Gasteiger partial charge in [0.15, 0.2) is 11.7 Å². The van der Waals surface area contributed by atoms with E-state index in [2.05, 4.69) is 4.99 Å². The van der Waals surface area contributed by atoms with Crippen LogP contribution in [-0.4, -0.2) is 22.6 Å². The van der Waals surface area contributed by atoms with Crippen molar-refractivity contribution < 1.29 is 14.4 Å². The number of ether oxygens (including phenoxy) is 1. The number of hydrogen-bond donors (Lipinski definition) is 1. The maximum atomic E-state index is 12.3. The molecule has 0 unspecified atom stereocenters. The summed E-state index contributed by atoms with van der Waals surface area (Å²) in [5.41, 5.74) is 2.05. The number of hydroxylamine groups is 2. The van der Waals surface area contributed by atoms with Crippen LogP contribution >= 0.6 is 0 Å². The molecule has 0 radical (unpaired) electrons. The fraction of sp³-hybridized carbons (Fsp3) is 0.136. The van der Waals surface area contributed by atoms with E-state index < -0.39 is 5.91 Å². The van der Waals surface area contributed by atoms with Crippen LogP contribution in [0, 0.1) is 5.41 Å². The molecule has 1 amide bonds. The number of carbonyl (C=O) groups is 1. The largest absolute Gasteiger partial charge is 0.486 e. The van der Waals surface area contributed by atoms with Crippen molar-refractivity contribution in [1.82, 2.24) is 5.06 Å². The molecule has 0 aromatic heterocycles. The molecule has 0 saturated carbocycles. The first-order valence-electron chi connectivity index (χ1n) is 8.93. The molecule has 2 aromatic rings. The fourth-order valence-corrected chi connectivity index (χ4v) is 3.01. The van der Waals surface area contributed by atoms with Gasteiger partial charge in [0.05, 0.1) is 5.57 Å². The molecule has 0 fully saturated rings. The van der Waals surface area contributed by atoms with Gasteiger partial charge in [-0.25, -0.2) is 0 Å². The minimum Gasteiger partial charge on any atom is -0.486 e. The van der Waals surface area contributed by atoms with E-state index in [0.29, 0.717) is 11.6 Å². The second-order valence-corrected chi connectivity index (χ2v) is 6.56. The van der Waals surface area contributed by atoms with Crippen LogP contribution in [0.4, 0.5) is 0 Å². The summed E-state index contributed by atoms with van der Waals surface area (Å²) in [6, 6.07) is 17.4. The normalized spacial score (nSPS) is 18.4. The van der Waals surface area contributed by atoms with E-state index in [1.54, 1.807) is 19.1 Å². The number of amides is 1. The van der Waals surface area contributed by atoms with Crippen molar-refractivity contribution in [2.45, 2.75) is 20.0 Å². The van der Waals surface area contributed by atoms with Crippen molar-refractivity contribution >= 4 is 23.7 Å². The zero-order chi connectivity index (χ0) is 19.7. The Morgan fingerprint density at radius 1 is 1.14 bits per heavy atom. The summed E-state index contributed by atoms with van der Waals surface area (Å²) in [5.74, 6) is 1.17. The number of nitrogens with one attached hydrogen (secondary N) is 1. The van der Waals surface area contributed by atoms with E-state index in [1.807, 2.05) is 61.5 Å². The van der Waals surface area contributed by atoms with E-state index in [9.17, 15) is 4.79 Å². The summed E-state index contributed by atoms with van der Waals surface area (Å²) < 4.78 is 5.97. The second-order valence-electron chi connectivity index (χ2n) is 6.56. The van der Waals surface area contributed by atoms with E-state index in [0.717, 1.165) is 16.9 Å². The van der Waals surface area contributed by atoms with Gasteiger partial charge in [-0.1, -0.05) is 42.5 Å². The van der Waals surface area contributed by atoms with Gasteiger partial charge >= 0.3 is 0 Å². The van der Waals surface area contributed by atoms with Gasteiger partial charge in [0, 0.05) is 6.08 Å². The summed E-state index contributed by atoms with van der Waals surface area (Å²) in [6.07, 6.45) is 3.18. The van der Waals surface area contributed by atoms with Crippen molar-refractivity contribution in [3.8, 4) is 5.75 Å². The van der Waals surface area contributed by atoms with Gasteiger partial charge in [0.25, 0.3) is 5.91 Å². The molecule has 28 heavy (non-hydrogen) atoms. The highest BCUT2D eigenvalue weighted by molar-refractivity contribution is 6.32. The first-order chi connectivity index (χ1) is 13.5. The molecule has 1 atom stereocenters. The van der Waals surface area contributed by atoms with Gasteiger partial charge in [0.1, 0.15) is 17.6 Å². The standard InChI is InChI=1S/C22H19N3O3/c1-14-12-20-24-22(26)19(21(23)25(20)28-14)13-16-8-10-18(11-9-16)27-15(2)17-6-4-3-5-7-17/h3-13,15,23H,1-2H3/b19-13+,23-21?/t15-/m0/s1. The lowest BCUT2D eigenvalue weighted by atomic mass is 10.1. The molecule has 0 spiro atoms. The van der Waals surface area contributed by atoms with Gasteiger partial charge in [-0.2, -0.15) is 4.99 Å². The highest BCUT2D eigenvalue weighted by Crippen LogP contribution is 2.25. The topological polar surface area (TPSA) is 75.0 Å². The zero-order valence-electron chi connectivity index (χ0n) is 15.5. The second kappa shape index (κ2) is 7.15. The molecule has 140 valence electrons. The zero-order valence-corrected chi connectivity index (χ0v) is 15.5. The summed E-state index contributed by atoms with van der Waals surface area (Å²) in [6.45, 7) is 3.74. The highest BCUT2D eigenvalue weighted by atomic mass is 16.7. The fourth-order valence-electron chi connectivity index (χ4n) is 3.01. The number of amidine groups is 2. The monoisotopic (exact) mass is 373 g/mol. The summed E-state index contributed by atoms with van der Waals surface area (Å²) in [4.78, 5) is 21.7. The summed E-state index contributed by atoms with van der Waals surface area (Å²) in [7, 11) is 0. The van der Waals surface area contributed by atoms with Crippen molar-refractivity contribution in [2.75, 3.05) is 0 Å². The van der Waals surface area contributed by atoms with Gasteiger partial charge < -0.3 is 9.57 Å². The van der Waals surface area contributed by atoms with Crippen molar-refractivity contribution in [2.24, 2.45) is 4.99 Å². The third kappa shape index (κ3) is 3.44. The third-order valence-electron chi connectivity index (χ3n) is 4.45. The van der Waals surface area contributed by atoms with Gasteiger partial charge in [-0.05, 0) is 43.2 Å². The van der Waals surface area contributed by atoms with Crippen LogP contribution in [0.25, 0.3) is 6.08 Å².